The molecule has 0 saturated carbocycles. The van der Waals surface area contributed by atoms with Crippen molar-refractivity contribution in [1.29, 1.82) is 0 Å². The second-order valence-corrected chi connectivity index (χ2v) is 5.28. The lowest BCUT2D eigenvalue weighted by molar-refractivity contribution is 0.211. The van der Waals surface area contributed by atoms with Crippen molar-refractivity contribution in [3.05, 3.63) is 18.2 Å². The van der Waals surface area contributed by atoms with Crippen LogP contribution in [-0.4, -0.2) is 37.2 Å². The van der Waals surface area contributed by atoms with Crippen molar-refractivity contribution in [2.24, 2.45) is 5.14 Å². The van der Waals surface area contributed by atoms with Crippen LogP contribution in [-0.2, 0) is 10.0 Å². The van der Waals surface area contributed by atoms with E-state index >= 15 is 0 Å². The Hall–Kier alpha value is -1.02. The maximum atomic E-state index is 11.0. The van der Waals surface area contributed by atoms with Crippen LogP contribution < -0.4 is 10.5 Å². The molecule has 0 saturated heterocycles. The predicted molar refractivity (Wildman–Crippen MR) is 64.7 cm³/mol. The molecule has 1 unspecified atom stereocenters. The Kier molecular flexibility index (Phi) is 4.58. The number of sulfonamides is 1. The zero-order valence-electron chi connectivity index (χ0n) is 8.80. The molecule has 0 fully saturated rings. The number of benzene rings is 1. The maximum absolute atomic E-state index is 11.0. The summed E-state index contributed by atoms with van der Waals surface area (Å²) in [6, 6.07) is 3.64. The number of aliphatic hydroxyl groups excluding tert-OH is 1. The van der Waals surface area contributed by atoms with Crippen molar-refractivity contribution in [2.75, 3.05) is 17.7 Å². The fourth-order valence-corrected chi connectivity index (χ4v) is 1.76. The SMILES string of the molecule is NS(=O)(=O)c1ccc(NCC(O)CCl)c(O)c1. The maximum Gasteiger partial charge on any atom is 0.238 e. The number of alkyl halides is 1. The summed E-state index contributed by atoms with van der Waals surface area (Å²) < 4.78 is 22.0. The van der Waals surface area contributed by atoms with E-state index in [-0.39, 0.29) is 23.1 Å². The van der Waals surface area contributed by atoms with Gasteiger partial charge in [-0.05, 0) is 12.1 Å². The zero-order chi connectivity index (χ0) is 13.1. The van der Waals surface area contributed by atoms with E-state index in [1.54, 1.807) is 0 Å². The summed E-state index contributed by atoms with van der Waals surface area (Å²) >= 11 is 5.39. The zero-order valence-corrected chi connectivity index (χ0v) is 10.4. The number of nitrogens with two attached hydrogens (primary N) is 1. The van der Waals surface area contributed by atoms with Crippen LogP contribution in [0, 0.1) is 0 Å². The molecule has 0 amide bonds. The van der Waals surface area contributed by atoms with Gasteiger partial charge in [-0.1, -0.05) is 0 Å². The van der Waals surface area contributed by atoms with Gasteiger partial charge in [0.15, 0.2) is 0 Å². The van der Waals surface area contributed by atoms with E-state index in [9.17, 15) is 18.6 Å². The van der Waals surface area contributed by atoms with Crippen LogP contribution in [0.3, 0.4) is 0 Å². The van der Waals surface area contributed by atoms with Crippen molar-refractivity contribution < 1.29 is 18.6 Å². The molecular formula is C9H13ClN2O4S. The van der Waals surface area contributed by atoms with Gasteiger partial charge in [-0.25, -0.2) is 13.6 Å². The molecule has 0 aliphatic rings. The van der Waals surface area contributed by atoms with Crippen molar-refractivity contribution in [2.45, 2.75) is 11.0 Å². The van der Waals surface area contributed by atoms with Gasteiger partial charge < -0.3 is 15.5 Å². The number of phenolic OH excluding ortho intramolecular Hbond substituents is 1. The van der Waals surface area contributed by atoms with Gasteiger partial charge in [-0.15, -0.1) is 11.6 Å². The highest BCUT2D eigenvalue weighted by Crippen LogP contribution is 2.25. The minimum Gasteiger partial charge on any atom is -0.506 e. The molecule has 0 spiro atoms. The van der Waals surface area contributed by atoms with E-state index < -0.39 is 16.1 Å². The minimum absolute atomic E-state index is 0.0586. The van der Waals surface area contributed by atoms with Crippen molar-refractivity contribution >= 4 is 27.3 Å². The van der Waals surface area contributed by atoms with E-state index in [2.05, 4.69) is 5.32 Å². The van der Waals surface area contributed by atoms with Crippen LogP contribution in [0.4, 0.5) is 5.69 Å². The predicted octanol–water partition coefficient (Wildman–Crippen LogP) is 0.0512. The summed E-state index contributed by atoms with van der Waals surface area (Å²) in [7, 11) is -3.84. The molecule has 1 aromatic carbocycles. The number of hydrogen-bond acceptors (Lipinski definition) is 5. The summed E-state index contributed by atoms with van der Waals surface area (Å²) in [6.45, 7) is 0.145. The van der Waals surface area contributed by atoms with E-state index in [0.717, 1.165) is 6.07 Å². The summed E-state index contributed by atoms with van der Waals surface area (Å²) in [5, 5.41) is 26.4. The van der Waals surface area contributed by atoms with Gasteiger partial charge >= 0.3 is 0 Å². The topological polar surface area (TPSA) is 113 Å². The number of nitrogens with one attached hydrogen (secondary N) is 1. The molecule has 5 N–H and O–H groups in total. The molecule has 1 aromatic rings. The Labute approximate surface area is 104 Å². The van der Waals surface area contributed by atoms with Crippen molar-refractivity contribution in [3.63, 3.8) is 0 Å². The van der Waals surface area contributed by atoms with E-state index in [1.807, 2.05) is 0 Å². The third-order valence-corrected chi connectivity index (χ3v) is 3.27. The number of rotatable bonds is 5. The number of aliphatic hydroxyl groups is 1. The third-order valence-electron chi connectivity index (χ3n) is 2.00. The molecule has 17 heavy (non-hydrogen) atoms. The van der Waals surface area contributed by atoms with Crippen LogP contribution >= 0.6 is 11.6 Å². The molecule has 0 aliphatic carbocycles. The van der Waals surface area contributed by atoms with Gasteiger partial charge in [0.1, 0.15) is 5.75 Å². The molecule has 0 heterocycles. The molecule has 1 rings (SSSR count). The lowest BCUT2D eigenvalue weighted by Crippen LogP contribution is -2.20. The standard InChI is InChI=1S/C9H13ClN2O4S/c10-4-6(13)5-12-8-2-1-7(3-9(8)14)17(11,15)16/h1-3,6,12-14H,4-5H2,(H2,11,15,16). The average Bonchev–Trinajstić information content (AvgIpc) is 2.25. The van der Waals surface area contributed by atoms with E-state index in [1.165, 1.54) is 12.1 Å². The van der Waals surface area contributed by atoms with Gasteiger partial charge in [-0.3, -0.25) is 0 Å². The van der Waals surface area contributed by atoms with Crippen LogP contribution in [0.15, 0.2) is 23.1 Å². The highest BCUT2D eigenvalue weighted by atomic mass is 35.5. The first-order valence-electron chi connectivity index (χ1n) is 4.68. The van der Waals surface area contributed by atoms with Gasteiger partial charge in [0.2, 0.25) is 10.0 Å². The Morgan fingerprint density at radius 3 is 2.59 bits per heavy atom. The summed E-state index contributed by atoms with van der Waals surface area (Å²) in [4.78, 5) is -0.182. The number of halogens is 1. The smallest absolute Gasteiger partial charge is 0.238 e. The van der Waals surface area contributed by atoms with Crippen molar-refractivity contribution in [1.82, 2.24) is 0 Å². The Balaban J connectivity index is 2.84. The molecular weight excluding hydrogens is 268 g/mol. The Bertz CT molecular complexity index is 492. The first kappa shape index (κ1) is 14.0. The van der Waals surface area contributed by atoms with Crippen LogP contribution in [0.25, 0.3) is 0 Å². The molecule has 8 heteroatoms. The summed E-state index contributed by atoms with van der Waals surface area (Å²) in [5.41, 5.74) is 0.293. The lowest BCUT2D eigenvalue weighted by Gasteiger charge is -2.11. The highest BCUT2D eigenvalue weighted by molar-refractivity contribution is 7.89. The molecule has 6 nitrogen and oxygen atoms in total. The van der Waals surface area contributed by atoms with E-state index in [4.69, 9.17) is 16.7 Å². The monoisotopic (exact) mass is 280 g/mol. The normalized spacial score (nSPS) is 13.4. The van der Waals surface area contributed by atoms with Crippen LogP contribution in [0.1, 0.15) is 0 Å². The Morgan fingerprint density at radius 1 is 1.47 bits per heavy atom. The number of aromatic hydroxyl groups is 1. The molecule has 0 bridgehead atoms. The first-order valence-corrected chi connectivity index (χ1v) is 6.76. The number of anilines is 1. The van der Waals surface area contributed by atoms with Gasteiger partial charge in [0.25, 0.3) is 0 Å². The molecule has 1 atom stereocenters. The lowest BCUT2D eigenvalue weighted by atomic mass is 10.3. The van der Waals surface area contributed by atoms with Gasteiger partial charge in [0, 0.05) is 12.6 Å². The molecule has 0 radical (unpaired) electrons. The quantitative estimate of drug-likeness (QED) is 0.450. The minimum atomic E-state index is -3.84. The van der Waals surface area contributed by atoms with E-state index in [0.29, 0.717) is 5.69 Å². The first-order chi connectivity index (χ1) is 7.84. The number of phenols is 1. The number of hydrogen-bond donors (Lipinski definition) is 4. The molecule has 0 aliphatic heterocycles. The Morgan fingerprint density at radius 2 is 2.12 bits per heavy atom. The van der Waals surface area contributed by atoms with Gasteiger partial charge in [0.05, 0.1) is 22.6 Å². The van der Waals surface area contributed by atoms with Crippen molar-refractivity contribution in [3.8, 4) is 5.75 Å². The largest absolute Gasteiger partial charge is 0.506 e. The highest BCUT2D eigenvalue weighted by Gasteiger charge is 2.11. The summed E-state index contributed by atoms with van der Waals surface area (Å²) in [5.74, 6) is -0.207. The number of primary sulfonamides is 1. The second-order valence-electron chi connectivity index (χ2n) is 3.41. The average molecular weight is 281 g/mol. The summed E-state index contributed by atoms with van der Waals surface area (Å²) in [6.07, 6.45) is -0.756. The molecule has 96 valence electrons. The third kappa shape index (κ3) is 4.04. The second kappa shape index (κ2) is 5.54. The van der Waals surface area contributed by atoms with Crippen LogP contribution in [0.2, 0.25) is 0 Å². The van der Waals surface area contributed by atoms with Gasteiger partial charge in [-0.2, -0.15) is 0 Å². The fourth-order valence-electron chi connectivity index (χ4n) is 1.12. The molecule has 0 aromatic heterocycles. The fraction of sp³-hybridized carbons (Fsp3) is 0.333. The van der Waals surface area contributed by atoms with Crippen LogP contribution in [0.5, 0.6) is 5.75 Å².